The van der Waals surface area contributed by atoms with Crippen molar-refractivity contribution in [2.24, 2.45) is 0 Å². The highest BCUT2D eigenvalue weighted by Crippen LogP contribution is 2.27. The van der Waals surface area contributed by atoms with Gasteiger partial charge in [0, 0.05) is 48.8 Å². The number of nitrogens with zero attached hydrogens (tertiary/aromatic N) is 3. The van der Waals surface area contributed by atoms with Crippen molar-refractivity contribution in [3.05, 3.63) is 58.0 Å². The number of aromatic nitrogens is 2. The minimum atomic E-state index is -0.222. The van der Waals surface area contributed by atoms with E-state index in [0.29, 0.717) is 56.6 Å². The molecule has 2 saturated heterocycles. The number of fused-ring (bicyclic) bond motifs is 1. The summed E-state index contributed by atoms with van der Waals surface area (Å²) in [5, 5.41) is 3.92. The molecule has 1 aromatic carbocycles. The molecule has 33 heavy (non-hydrogen) atoms. The number of aryl methyl sites for hydroxylation is 1. The fraction of sp³-hybridized carbons (Fsp3) is 0.375. The first-order valence-electron chi connectivity index (χ1n) is 11.2. The second-order valence-corrected chi connectivity index (χ2v) is 8.29. The number of amides is 1. The molecule has 2 aliphatic rings. The third kappa shape index (κ3) is 4.55. The number of rotatable bonds is 4. The molecule has 2 aromatic heterocycles. The van der Waals surface area contributed by atoms with E-state index in [9.17, 15) is 9.59 Å². The highest BCUT2D eigenvalue weighted by molar-refractivity contribution is 6.08. The second-order valence-electron chi connectivity index (χ2n) is 8.29. The van der Waals surface area contributed by atoms with Crippen LogP contribution in [0.25, 0.3) is 10.9 Å². The minimum absolute atomic E-state index is 0.141. The molecule has 0 unspecified atom stereocenters. The molecular weight excluding hydrogens is 422 g/mol. The Morgan fingerprint density at radius 3 is 2.42 bits per heavy atom. The van der Waals surface area contributed by atoms with Crippen molar-refractivity contribution >= 4 is 34.0 Å². The van der Waals surface area contributed by atoms with Crippen LogP contribution in [-0.4, -0.2) is 68.5 Å². The number of morpholine rings is 2. The maximum atomic E-state index is 13.5. The number of hydrogen-bond donors (Lipinski definition) is 2. The highest BCUT2D eigenvalue weighted by atomic mass is 16.5. The van der Waals surface area contributed by atoms with Gasteiger partial charge in [-0.25, -0.2) is 4.98 Å². The molecule has 4 heterocycles. The van der Waals surface area contributed by atoms with Crippen molar-refractivity contribution in [1.29, 1.82) is 0 Å². The lowest BCUT2D eigenvalue weighted by atomic mass is 10.1. The van der Waals surface area contributed by atoms with Gasteiger partial charge in [0.15, 0.2) is 0 Å². The number of H-pyrrole nitrogens is 1. The Bertz CT molecular complexity index is 1230. The van der Waals surface area contributed by atoms with Gasteiger partial charge in [-0.3, -0.25) is 9.59 Å². The van der Waals surface area contributed by atoms with Crippen LogP contribution in [0.3, 0.4) is 0 Å². The zero-order chi connectivity index (χ0) is 22.8. The van der Waals surface area contributed by atoms with Crippen molar-refractivity contribution in [3.63, 3.8) is 0 Å². The Balaban J connectivity index is 1.48. The van der Waals surface area contributed by atoms with Gasteiger partial charge in [0.25, 0.3) is 5.91 Å². The predicted molar refractivity (Wildman–Crippen MR) is 128 cm³/mol. The summed E-state index contributed by atoms with van der Waals surface area (Å²) in [6, 6.07) is 8.96. The predicted octanol–water partition coefficient (Wildman–Crippen LogP) is 2.16. The number of benzene rings is 1. The summed E-state index contributed by atoms with van der Waals surface area (Å²) in [6.45, 7) is 7.32. The first-order chi connectivity index (χ1) is 16.1. The molecule has 0 aliphatic carbocycles. The number of nitrogens with one attached hydrogen (secondary N) is 2. The summed E-state index contributed by atoms with van der Waals surface area (Å²) in [5.74, 6) is 0.439. The molecular formula is C24H27N5O4. The van der Waals surface area contributed by atoms with E-state index in [0.717, 1.165) is 35.2 Å². The van der Waals surface area contributed by atoms with Gasteiger partial charge in [0.05, 0.1) is 43.9 Å². The fourth-order valence-corrected chi connectivity index (χ4v) is 4.33. The molecule has 9 nitrogen and oxygen atoms in total. The number of carbonyl (C=O) groups excluding carboxylic acids is 1. The van der Waals surface area contributed by atoms with E-state index in [1.165, 1.54) is 0 Å². The van der Waals surface area contributed by atoms with E-state index in [1.54, 1.807) is 12.1 Å². The highest BCUT2D eigenvalue weighted by Gasteiger charge is 2.23. The van der Waals surface area contributed by atoms with Crippen LogP contribution in [0.5, 0.6) is 0 Å². The number of hydrogen-bond acceptors (Lipinski definition) is 7. The Kier molecular flexibility index (Phi) is 5.97. The molecule has 1 amide bonds. The van der Waals surface area contributed by atoms with Crippen LogP contribution >= 0.6 is 0 Å². The van der Waals surface area contributed by atoms with E-state index >= 15 is 0 Å². The van der Waals surface area contributed by atoms with Gasteiger partial charge >= 0.3 is 0 Å². The Morgan fingerprint density at radius 2 is 1.70 bits per heavy atom. The van der Waals surface area contributed by atoms with Crippen LogP contribution < -0.4 is 20.7 Å². The average molecular weight is 450 g/mol. The number of anilines is 3. The molecule has 3 aromatic rings. The van der Waals surface area contributed by atoms with Crippen LogP contribution in [0.15, 0.2) is 41.3 Å². The number of ether oxygens (including phenoxy) is 2. The molecule has 2 N–H and O–H groups in total. The molecule has 172 valence electrons. The summed E-state index contributed by atoms with van der Waals surface area (Å²) in [5.41, 5.74) is 3.55. The van der Waals surface area contributed by atoms with Crippen LogP contribution in [0, 0.1) is 6.92 Å². The average Bonchev–Trinajstić information content (AvgIpc) is 2.85. The summed E-state index contributed by atoms with van der Waals surface area (Å²) >= 11 is 0. The second kappa shape index (κ2) is 9.21. The minimum Gasteiger partial charge on any atom is -0.378 e. The molecule has 0 bridgehead atoms. The maximum Gasteiger partial charge on any atom is 0.259 e. The van der Waals surface area contributed by atoms with E-state index in [4.69, 9.17) is 14.5 Å². The van der Waals surface area contributed by atoms with E-state index < -0.39 is 0 Å². The van der Waals surface area contributed by atoms with Crippen molar-refractivity contribution in [3.8, 4) is 0 Å². The lowest BCUT2D eigenvalue weighted by Crippen LogP contribution is -2.39. The van der Waals surface area contributed by atoms with Gasteiger partial charge in [-0.15, -0.1) is 0 Å². The zero-order valence-electron chi connectivity index (χ0n) is 18.6. The van der Waals surface area contributed by atoms with Crippen molar-refractivity contribution in [2.45, 2.75) is 6.92 Å². The van der Waals surface area contributed by atoms with Crippen molar-refractivity contribution in [1.82, 2.24) is 9.97 Å². The summed E-state index contributed by atoms with van der Waals surface area (Å²) in [4.78, 5) is 37.0. The third-order valence-electron chi connectivity index (χ3n) is 6.09. The van der Waals surface area contributed by atoms with E-state index in [-0.39, 0.29) is 11.5 Å². The topological polar surface area (TPSA) is 99.8 Å². The van der Waals surface area contributed by atoms with Crippen LogP contribution in [0.2, 0.25) is 0 Å². The van der Waals surface area contributed by atoms with Crippen LogP contribution in [0.4, 0.5) is 17.2 Å². The molecule has 0 atom stereocenters. The summed E-state index contributed by atoms with van der Waals surface area (Å²) in [7, 11) is 0. The lowest BCUT2D eigenvalue weighted by molar-refractivity contribution is 0.102. The normalized spacial score (nSPS) is 16.8. The largest absolute Gasteiger partial charge is 0.378 e. The molecule has 2 fully saturated rings. The first kappa shape index (κ1) is 21.4. The lowest BCUT2D eigenvalue weighted by Gasteiger charge is -2.32. The van der Waals surface area contributed by atoms with Gasteiger partial charge in [-0.1, -0.05) is 0 Å². The quantitative estimate of drug-likeness (QED) is 0.630. The monoisotopic (exact) mass is 449 g/mol. The van der Waals surface area contributed by atoms with Gasteiger partial charge in [0.2, 0.25) is 5.56 Å². The van der Waals surface area contributed by atoms with Crippen molar-refractivity contribution in [2.75, 3.05) is 67.7 Å². The van der Waals surface area contributed by atoms with E-state index in [1.807, 2.05) is 31.3 Å². The summed E-state index contributed by atoms with van der Waals surface area (Å²) < 4.78 is 10.9. The third-order valence-corrected chi connectivity index (χ3v) is 6.09. The van der Waals surface area contributed by atoms with Gasteiger partial charge in [-0.2, -0.15) is 0 Å². The van der Waals surface area contributed by atoms with Crippen molar-refractivity contribution < 1.29 is 14.3 Å². The molecule has 0 saturated carbocycles. The first-order valence-corrected chi connectivity index (χ1v) is 11.2. The smallest absolute Gasteiger partial charge is 0.259 e. The molecule has 2 aliphatic heterocycles. The van der Waals surface area contributed by atoms with Crippen LogP contribution in [-0.2, 0) is 9.47 Å². The van der Waals surface area contributed by atoms with Crippen LogP contribution in [0.1, 0.15) is 15.9 Å². The van der Waals surface area contributed by atoms with Gasteiger partial charge < -0.3 is 29.6 Å². The molecule has 0 spiro atoms. The van der Waals surface area contributed by atoms with Gasteiger partial charge in [-0.05, 0) is 36.8 Å². The Hall–Kier alpha value is -3.43. The maximum absolute atomic E-state index is 13.5. The Morgan fingerprint density at radius 1 is 1.00 bits per heavy atom. The number of carbonyl (C=O) groups is 1. The zero-order valence-corrected chi connectivity index (χ0v) is 18.6. The molecule has 0 radical (unpaired) electrons. The van der Waals surface area contributed by atoms with E-state index in [2.05, 4.69) is 20.1 Å². The molecule has 9 heteroatoms. The SMILES string of the molecule is Cc1cc(=O)[nH]c2ccc(NC(=O)c3cc(N4CCOCC4)cnc3N3CCOCC3)cc12. The number of aromatic amines is 1. The Labute approximate surface area is 191 Å². The molecule has 5 rings (SSSR count). The van der Waals surface area contributed by atoms with Gasteiger partial charge in [0.1, 0.15) is 5.82 Å². The standard InChI is InChI=1S/C24H27N5O4/c1-16-12-22(30)27-21-3-2-17(13-19(16)21)26-24(31)20-14-18(28-4-8-32-9-5-28)15-25-23(20)29-6-10-33-11-7-29/h2-3,12-15H,4-11H2,1H3,(H,26,31)(H,27,30). The summed E-state index contributed by atoms with van der Waals surface area (Å²) in [6.07, 6.45) is 1.84. The number of pyridine rings is 2. The fourth-order valence-electron chi connectivity index (χ4n) is 4.33.